The second kappa shape index (κ2) is 5.34. The standard InChI is InChI=1S/C20H23BrN2O2/c21-16-3-1-2-14-15(11-23(8-9-24)17(14)16)18(25)22-12-19-5-4-13-10-20(13,19)7-6-19/h1-3,11,13,24H,4-10,12H2,(H,22,25). The van der Waals surface area contributed by atoms with Gasteiger partial charge in [0, 0.05) is 29.1 Å². The molecule has 3 aliphatic rings. The Kier molecular flexibility index (Phi) is 3.39. The second-order valence-corrected chi connectivity index (χ2v) is 9.01. The number of para-hydroxylation sites is 1. The van der Waals surface area contributed by atoms with Gasteiger partial charge in [-0.2, -0.15) is 0 Å². The third kappa shape index (κ3) is 2.05. The highest BCUT2D eigenvalue weighted by atomic mass is 79.9. The molecular formula is C20H23BrN2O2. The number of fused-ring (bicyclic) bond motifs is 1. The van der Waals surface area contributed by atoms with Crippen molar-refractivity contribution in [2.75, 3.05) is 13.2 Å². The molecule has 0 saturated heterocycles. The molecular weight excluding hydrogens is 380 g/mol. The summed E-state index contributed by atoms with van der Waals surface area (Å²) in [7, 11) is 0. The van der Waals surface area contributed by atoms with Crippen LogP contribution in [0.25, 0.3) is 10.9 Å². The Morgan fingerprint density at radius 1 is 1.36 bits per heavy atom. The first-order valence-corrected chi connectivity index (χ1v) is 10.1. The van der Waals surface area contributed by atoms with Crippen LogP contribution in [0.3, 0.4) is 0 Å². The van der Waals surface area contributed by atoms with Crippen LogP contribution in [0.15, 0.2) is 28.9 Å². The van der Waals surface area contributed by atoms with Gasteiger partial charge in [-0.05, 0) is 70.8 Å². The smallest absolute Gasteiger partial charge is 0.253 e. The summed E-state index contributed by atoms with van der Waals surface area (Å²) < 4.78 is 2.91. The highest BCUT2D eigenvalue weighted by Gasteiger charge is 2.74. The average Bonchev–Trinajstić information content (AvgIpc) is 3.19. The molecule has 0 aliphatic heterocycles. The van der Waals surface area contributed by atoms with E-state index in [0.717, 1.165) is 27.8 Å². The highest BCUT2D eigenvalue weighted by Crippen LogP contribution is 2.81. The molecule has 2 N–H and O–H groups in total. The molecule has 3 saturated carbocycles. The monoisotopic (exact) mass is 402 g/mol. The SMILES string of the molecule is O=C(NCC12CCC3CC31CC2)c1cn(CCO)c2c(Br)cccc12. The minimum absolute atomic E-state index is 0.0142. The van der Waals surface area contributed by atoms with E-state index in [2.05, 4.69) is 21.2 Å². The maximum absolute atomic E-state index is 12.9. The van der Waals surface area contributed by atoms with E-state index in [9.17, 15) is 9.90 Å². The summed E-state index contributed by atoms with van der Waals surface area (Å²) in [6, 6.07) is 5.91. The number of aliphatic hydroxyl groups excluding tert-OH is 1. The van der Waals surface area contributed by atoms with Crippen LogP contribution in [0.2, 0.25) is 0 Å². The zero-order chi connectivity index (χ0) is 17.2. The summed E-state index contributed by atoms with van der Waals surface area (Å²) in [5.74, 6) is 0.959. The van der Waals surface area contributed by atoms with Crippen molar-refractivity contribution in [3.63, 3.8) is 0 Å². The van der Waals surface area contributed by atoms with Crippen LogP contribution in [0.4, 0.5) is 0 Å². The summed E-state index contributed by atoms with van der Waals surface area (Å²) >= 11 is 3.58. The predicted molar refractivity (Wildman–Crippen MR) is 100 cm³/mol. The summed E-state index contributed by atoms with van der Waals surface area (Å²) in [6.07, 6.45) is 8.57. The van der Waals surface area contributed by atoms with Crippen molar-refractivity contribution in [3.05, 3.63) is 34.4 Å². The topological polar surface area (TPSA) is 54.3 Å². The summed E-state index contributed by atoms with van der Waals surface area (Å²) in [5, 5.41) is 13.5. The maximum Gasteiger partial charge on any atom is 0.253 e. The first-order valence-electron chi connectivity index (χ1n) is 9.27. The van der Waals surface area contributed by atoms with Gasteiger partial charge in [0.2, 0.25) is 0 Å². The predicted octanol–water partition coefficient (Wildman–Crippen LogP) is 3.71. The first kappa shape index (κ1) is 15.9. The lowest BCUT2D eigenvalue weighted by Gasteiger charge is -2.49. The summed E-state index contributed by atoms with van der Waals surface area (Å²) in [4.78, 5) is 12.9. The van der Waals surface area contributed by atoms with E-state index < -0.39 is 0 Å². The number of hydrogen-bond acceptors (Lipinski definition) is 2. The molecule has 0 radical (unpaired) electrons. The number of nitrogens with zero attached hydrogens (tertiary/aromatic N) is 1. The number of halogens is 1. The molecule has 5 heteroatoms. The lowest BCUT2D eigenvalue weighted by Crippen LogP contribution is -2.48. The van der Waals surface area contributed by atoms with E-state index in [-0.39, 0.29) is 12.5 Å². The zero-order valence-corrected chi connectivity index (χ0v) is 15.8. The van der Waals surface area contributed by atoms with Gasteiger partial charge < -0.3 is 15.0 Å². The van der Waals surface area contributed by atoms with Gasteiger partial charge in [0.15, 0.2) is 0 Å². The molecule has 3 unspecified atom stereocenters. The molecule has 1 heterocycles. The van der Waals surface area contributed by atoms with E-state index in [4.69, 9.17) is 0 Å². The Balaban J connectivity index is 1.41. The minimum atomic E-state index is 0.0142. The zero-order valence-electron chi connectivity index (χ0n) is 14.2. The first-order chi connectivity index (χ1) is 12.1. The fourth-order valence-corrected chi connectivity index (χ4v) is 6.41. The number of amides is 1. The highest BCUT2D eigenvalue weighted by molar-refractivity contribution is 9.10. The molecule has 5 rings (SSSR count). The van der Waals surface area contributed by atoms with Crippen LogP contribution in [0.1, 0.15) is 42.5 Å². The van der Waals surface area contributed by atoms with Gasteiger partial charge in [-0.25, -0.2) is 0 Å². The molecule has 1 aromatic heterocycles. The van der Waals surface area contributed by atoms with Crippen LogP contribution < -0.4 is 5.32 Å². The van der Waals surface area contributed by atoms with Gasteiger partial charge in [0.1, 0.15) is 0 Å². The van der Waals surface area contributed by atoms with Crippen LogP contribution in [0.5, 0.6) is 0 Å². The summed E-state index contributed by atoms with van der Waals surface area (Å²) in [6.45, 7) is 1.36. The molecule has 3 atom stereocenters. The lowest BCUT2D eigenvalue weighted by atomic mass is 9.57. The summed E-state index contributed by atoms with van der Waals surface area (Å²) in [5.41, 5.74) is 2.66. The molecule has 2 aromatic rings. The van der Waals surface area contributed by atoms with Gasteiger partial charge in [-0.3, -0.25) is 4.79 Å². The van der Waals surface area contributed by atoms with Crippen LogP contribution >= 0.6 is 15.9 Å². The number of nitrogens with one attached hydrogen (secondary N) is 1. The van der Waals surface area contributed by atoms with Crippen LogP contribution in [-0.4, -0.2) is 28.7 Å². The van der Waals surface area contributed by atoms with Crippen molar-refractivity contribution in [1.29, 1.82) is 0 Å². The third-order valence-electron chi connectivity index (χ3n) is 7.33. The van der Waals surface area contributed by atoms with Crippen molar-refractivity contribution >= 4 is 32.7 Å². The van der Waals surface area contributed by atoms with Crippen molar-refractivity contribution in [1.82, 2.24) is 9.88 Å². The van der Waals surface area contributed by atoms with Gasteiger partial charge >= 0.3 is 0 Å². The van der Waals surface area contributed by atoms with Crippen molar-refractivity contribution in [2.45, 2.75) is 38.6 Å². The van der Waals surface area contributed by atoms with E-state index >= 15 is 0 Å². The van der Waals surface area contributed by atoms with Crippen LogP contribution in [0, 0.1) is 16.7 Å². The number of rotatable bonds is 5. The Bertz CT molecular complexity index is 870. The maximum atomic E-state index is 12.9. The molecule has 132 valence electrons. The van der Waals surface area contributed by atoms with Gasteiger partial charge in [0.25, 0.3) is 5.91 Å². The van der Waals surface area contributed by atoms with Crippen molar-refractivity contribution < 1.29 is 9.90 Å². The van der Waals surface area contributed by atoms with Crippen LogP contribution in [-0.2, 0) is 6.54 Å². The average molecular weight is 403 g/mol. The number of benzene rings is 1. The lowest BCUT2D eigenvalue weighted by molar-refractivity contribution is 0.0203. The second-order valence-electron chi connectivity index (χ2n) is 8.15. The van der Waals surface area contributed by atoms with E-state index in [1.165, 1.54) is 32.1 Å². The molecule has 1 spiro atoms. The fraction of sp³-hybridized carbons (Fsp3) is 0.550. The molecule has 1 amide bonds. The quantitative estimate of drug-likeness (QED) is 0.800. The largest absolute Gasteiger partial charge is 0.395 e. The van der Waals surface area contributed by atoms with E-state index in [1.54, 1.807) is 0 Å². The van der Waals surface area contributed by atoms with Gasteiger partial charge in [0.05, 0.1) is 17.7 Å². The van der Waals surface area contributed by atoms with E-state index in [1.807, 2.05) is 29.0 Å². The van der Waals surface area contributed by atoms with Gasteiger partial charge in [-0.1, -0.05) is 12.1 Å². The number of hydrogen-bond donors (Lipinski definition) is 2. The molecule has 0 bridgehead atoms. The van der Waals surface area contributed by atoms with Crippen molar-refractivity contribution in [3.8, 4) is 0 Å². The Morgan fingerprint density at radius 3 is 2.92 bits per heavy atom. The Labute approximate surface area is 155 Å². The Hall–Kier alpha value is -1.33. The van der Waals surface area contributed by atoms with E-state index in [0.29, 0.717) is 22.9 Å². The molecule has 4 nitrogen and oxygen atoms in total. The number of aliphatic hydroxyl groups is 1. The minimum Gasteiger partial charge on any atom is -0.395 e. The molecule has 3 aliphatic carbocycles. The number of carbonyl (C=O) groups is 1. The molecule has 1 aromatic carbocycles. The third-order valence-corrected chi connectivity index (χ3v) is 7.97. The number of aromatic nitrogens is 1. The normalized spacial score (nSPS) is 32.2. The van der Waals surface area contributed by atoms with Crippen molar-refractivity contribution in [2.24, 2.45) is 16.7 Å². The number of carbonyl (C=O) groups excluding carboxylic acids is 1. The molecule has 3 fully saturated rings. The molecule has 25 heavy (non-hydrogen) atoms. The Morgan fingerprint density at radius 2 is 2.24 bits per heavy atom. The van der Waals surface area contributed by atoms with Gasteiger partial charge in [-0.15, -0.1) is 0 Å². The fourth-order valence-electron chi connectivity index (χ4n) is 5.82.